The second kappa shape index (κ2) is 10.2. The molecule has 144 valence electrons. The van der Waals surface area contributed by atoms with E-state index in [1.165, 1.54) is 6.42 Å². The summed E-state index contributed by atoms with van der Waals surface area (Å²) in [5.41, 5.74) is 0. The number of carbonyl (C=O) groups is 2. The second-order valence-corrected chi connectivity index (χ2v) is 7.49. The lowest BCUT2D eigenvalue weighted by Crippen LogP contribution is -2.52. The lowest BCUT2D eigenvalue weighted by Gasteiger charge is -2.29. The lowest BCUT2D eigenvalue weighted by molar-refractivity contribution is -0.138. The predicted octanol–water partition coefficient (Wildman–Crippen LogP) is 3.24. The van der Waals surface area contributed by atoms with Crippen LogP contribution >= 0.6 is 0 Å². The molecule has 26 heavy (non-hydrogen) atoms. The van der Waals surface area contributed by atoms with Gasteiger partial charge in [-0.15, -0.1) is 0 Å². The maximum atomic E-state index is 12.8. The van der Waals surface area contributed by atoms with Gasteiger partial charge in [-0.1, -0.05) is 51.3 Å². The molecule has 0 spiro atoms. The van der Waals surface area contributed by atoms with Crippen LogP contribution in [-0.4, -0.2) is 43.0 Å². The Kier molecular flexibility index (Phi) is 7.95. The van der Waals surface area contributed by atoms with Crippen molar-refractivity contribution in [2.75, 3.05) is 20.2 Å². The summed E-state index contributed by atoms with van der Waals surface area (Å²) in [5, 5.41) is 3.00. The Morgan fingerprint density at radius 3 is 2.42 bits per heavy atom. The highest BCUT2D eigenvalue weighted by molar-refractivity contribution is 5.88. The van der Waals surface area contributed by atoms with Gasteiger partial charge in [0.25, 0.3) is 0 Å². The van der Waals surface area contributed by atoms with Crippen LogP contribution in [0.2, 0.25) is 0 Å². The van der Waals surface area contributed by atoms with E-state index in [9.17, 15) is 9.59 Å². The molecule has 0 radical (unpaired) electrons. The van der Waals surface area contributed by atoms with E-state index in [0.29, 0.717) is 13.2 Å². The zero-order valence-corrected chi connectivity index (χ0v) is 16.2. The van der Waals surface area contributed by atoms with Crippen molar-refractivity contribution in [3.8, 4) is 5.75 Å². The van der Waals surface area contributed by atoms with Crippen molar-refractivity contribution < 1.29 is 14.3 Å². The van der Waals surface area contributed by atoms with E-state index >= 15 is 0 Å². The first-order chi connectivity index (χ1) is 12.5. The van der Waals surface area contributed by atoms with Gasteiger partial charge in [0.05, 0.1) is 6.54 Å². The standard InChI is InChI=1S/C21H32N2O3/c1-16(2)19(22-20(24)17-10-6-4-7-11-17)21(25)23(3)14-15-26-18-12-8-5-9-13-18/h5,8-9,12-13,16-17,19H,4,6-7,10-11,14-15H2,1-3H3,(H,22,24). The van der Waals surface area contributed by atoms with Crippen LogP contribution in [0, 0.1) is 11.8 Å². The number of para-hydroxylation sites is 1. The van der Waals surface area contributed by atoms with Gasteiger partial charge in [0.1, 0.15) is 18.4 Å². The molecule has 1 aliphatic carbocycles. The summed E-state index contributed by atoms with van der Waals surface area (Å²) in [5.74, 6) is 0.878. The van der Waals surface area contributed by atoms with Gasteiger partial charge in [-0.2, -0.15) is 0 Å². The molecule has 1 fully saturated rings. The minimum Gasteiger partial charge on any atom is -0.492 e. The van der Waals surface area contributed by atoms with E-state index in [0.717, 1.165) is 31.4 Å². The fourth-order valence-electron chi connectivity index (χ4n) is 3.31. The van der Waals surface area contributed by atoms with Crippen LogP contribution in [0.4, 0.5) is 0 Å². The first-order valence-electron chi connectivity index (χ1n) is 9.72. The average molecular weight is 360 g/mol. The number of nitrogens with zero attached hydrogens (tertiary/aromatic N) is 1. The maximum absolute atomic E-state index is 12.8. The highest BCUT2D eigenvalue weighted by Crippen LogP contribution is 2.24. The van der Waals surface area contributed by atoms with Crippen molar-refractivity contribution in [1.29, 1.82) is 0 Å². The molecule has 0 saturated heterocycles. The Labute approximate surface area is 157 Å². The highest BCUT2D eigenvalue weighted by Gasteiger charge is 2.30. The van der Waals surface area contributed by atoms with E-state index in [1.807, 2.05) is 44.2 Å². The van der Waals surface area contributed by atoms with E-state index in [1.54, 1.807) is 11.9 Å². The zero-order chi connectivity index (χ0) is 18.9. The largest absolute Gasteiger partial charge is 0.492 e. The fraction of sp³-hybridized carbons (Fsp3) is 0.619. The van der Waals surface area contributed by atoms with E-state index in [2.05, 4.69) is 5.32 Å². The number of benzene rings is 1. The van der Waals surface area contributed by atoms with E-state index < -0.39 is 6.04 Å². The van der Waals surface area contributed by atoms with Crippen LogP contribution in [0.1, 0.15) is 46.0 Å². The van der Waals surface area contributed by atoms with Crippen molar-refractivity contribution in [2.45, 2.75) is 52.0 Å². The molecular formula is C21H32N2O3. The first-order valence-corrected chi connectivity index (χ1v) is 9.72. The van der Waals surface area contributed by atoms with Crippen LogP contribution < -0.4 is 10.1 Å². The highest BCUT2D eigenvalue weighted by atomic mass is 16.5. The van der Waals surface area contributed by atoms with Crippen LogP contribution in [0.15, 0.2) is 30.3 Å². The van der Waals surface area contributed by atoms with Crippen LogP contribution in [0.3, 0.4) is 0 Å². The number of rotatable bonds is 8. The Bertz CT molecular complexity index is 568. The third kappa shape index (κ3) is 6.04. The molecule has 0 aliphatic heterocycles. The SMILES string of the molecule is CC(C)C(NC(=O)C1CCCCC1)C(=O)N(C)CCOc1ccccc1. The third-order valence-corrected chi connectivity index (χ3v) is 5.02. The summed E-state index contributed by atoms with van der Waals surface area (Å²) in [7, 11) is 1.76. The molecule has 1 atom stereocenters. The average Bonchev–Trinajstić information content (AvgIpc) is 2.66. The van der Waals surface area contributed by atoms with Crippen molar-refractivity contribution in [2.24, 2.45) is 11.8 Å². The van der Waals surface area contributed by atoms with Crippen molar-refractivity contribution >= 4 is 11.8 Å². The number of amides is 2. The van der Waals surface area contributed by atoms with Gasteiger partial charge in [0.15, 0.2) is 0 Å². The summed E-state index contributed by atoms with van der Waals surface area (Å²) >= 11 is 0. The number of hydrogen-bond acceptors (Lipinski definition) is 3. The normalized spacial score (nSPS) is 16.2. The summed E-state index contributed by atoms with van der Waals surface area (Å²) in [4.78, 5) is 27.0. The van der Waals surface area contributed by atoms with Gasteiger partial charge < -0.3 is 15.0 Å². The predicted molar refractivity (Wildman–Crippen MR) is 103 cm³/mol. The van der Waals surface area contributed by atoms with Gasteiger partial charge in [-0.25, -0.2) is 0 Å². The Morgan fingerprint density at radius 2 is 1.81 bits per heavy atom. The molecule has 0 heterocycles. The number of nitrogens with one attached hydrogen (secondary N) is 1. The Balaban J connectivity index is 1.84. The van der Waals surface area contributed by atoms with E-state index in [-0.39, 0.29) is 23.7 Å². The summed E-state index contributed by atoms with van der Waals surface area (Å²) in [6.07, 6.45) is 5.29. The van der Waals surface area contributed by atoms with Crippen molar-refractivity contribution in [1.82, 2.24) is 10.2 Å². The molecule has 1 N–H and O–H groups in total. The molecule has 5 heteroatoms. The van der Waals surface area contributed by atoms with Crippen LogP contribution in [0.25, 0.3) is 0 Å². The van der Waals surface area contributed by atoms with Gasteiger partial charge >= 0.3 is 0 Å². The number of likely N-dealkylation sites (N-methyl/N-ethyl adjacent to an activating group) is 1. The summed E-state index contributed by atoms with van der Waals surface area (Å²) in [6.45, 7) is 4.85. The van der Waals surface area contributed by atoms with Gasteiger partial charge in [0, 0.05) is 13.0 Å². The second-order valence-electron chi connectivity index (χ2n) is 7.49. The molecular weight excluding hydrogens is 328 g/mol. The molecule has 5 nitrogen and oxygen atoms in total. The number of ether oxygens (including phenoxy) is 1. The van der Waals surface area contributed by atoms with Crippen LogP contribution in [-0.2, 0) is 9.59 Å². The quantitative estimate of drug-likeness (QED) is 0.774. The number of hydrogen-bond donors (Lipinski definition) is 1. The molecule has 2 amide bonds. The van der Waals surface area contributed by atoms with Crippen molar-refractivity contribution in [3.63, 3.8) is 0 Å². The van der Waals surface area contributed by atoms with Crippen LogP contribution in [0.5, 0.6) is 5.75 Å². The minimum atomic E-state index is -0.480. The summed E-state index contributed by atoms with van der Waals surface area (Å²) in [6, 6.07) is 9.07. The fourth-order valence-corrected chi connectivity index (χ4v) is 3.31. The monoisotopic (exact) mass is 360 g/mol. The minimum absolute atomic E-state index is 0.0330. The molecule has 1 unspecified atom stereocenters. The molecule has 2 rings (SSSR count). The molecule has 1 aliphatic rings. The Hall–Kier alpha value is -2.04. The van der Waals surface area contributed by atoms with Gasteiger partial charge in [-0.3, -0.25) is 9.59 Å². The van der Waals surface area contributed by atoms with E-state index in [4.69, 9.17) is 4.74 Å². The number of carbonyl (C=O) groups excluding carboxylic acids is 2. The summed E-state index contributed by atoms with van der Waals surface area (Å²) < 4.78 is 5.66. The Morgan fingerprint density at radius 1 is 1.15 bits per heavy atom. The molecule has 1 saturated carbocycles. The van der Waals surface area contributed by atoms with Crippen molar-refractivity contribution in [3.05, 3.63) is 30.3 Å². The smallest absolute Gasteiger partial charge is 0.245 e. The lowest BCUT2D eigenvalue weighted by atomic mass is 9.88. The van der Waals surface area contributed by atoms with Gasteiger partial charge in [0.2, 0.25) is 11.8 Å². The molecule has 1 aromatic carbocycles. The molecule has 1 aromatic rings. The third-order valence-electron chi connectivity index (χ3n) is 5.02. The topological polar surface area (TPSA) is 58.6 Å². The maximum Gasteiger partial charge on any atom is 0.245 e. The zero-order valence-electron chi connectivity index (χ0n) is 16.2. The molecule has 0 aromatic heterocycles. The molecule has 0 bridgehead atoms. The van der Waals surface area contributed by atoms with Gasteiger partial charge in [-0.05, 0) is 30.9 Å². The first kappa shape index (κ1) is 20.3.